The Kier molecular flexibility index (Phi) is 4.92. The van der Waals surface area contributed by atoms with Crippen molar-refractivity contribution in [3.63, 3.8) is 0 Å². The molecule has 0 bridgehead atoms. The second kappa shape index (κ2) is 6.51. The van der Waals surface area contributed by atoms with Gasteiger partial charge >= 0.3 is 0 Å². The van der Waals surface area contributed by atoms with Gasteiger partial charge in [0.2, 0.25) is 0 Å². The van der Waals surface area contributed by atoms with Crippen molar-refractivity contribution < 1.29 is 4.79 Å². The van der Waals surface area contributed by atoms with E-state index < -0.39 is 0 Å². The molecule has 1 heterocycles. The minimum Gasteiger partial charge on any atom is -0.294 e. The fourth-order valence-corrected chi connectivity index (χ4v) is 3.87. The van der Waals surface area contributed by atoms with Gasteiger partial charge < -0.3 is 0 Å². The van der Waals surface area contributed by atoms with Crippen molar-refractivity contribution in [2.75, 3.05) is 0 Å². The summed E-state index contributed by atoms with van der Waals surface area (Å²) in [5, 5.41) is 5.14. The molecule has 0 aliphatic rings. The Morgan fingerprint density at radius 1 is 1.19 bits per heavy atom. The highest BCUT2D eigenvalue weighted by Gasteiger charge is 2.13. The first-order chi connectivity index (χ1) is 9.91. The minimum absolute atomic E-state index is 0.0498. The number of aryl methyl sites for hydroxylation is 1. The summed E-state index contributed by atoms with van der Waals surface area (Å²) < 4.78 is 0. The highest BCUT2D eigenvalue weighted by atomic mass is 32.1. The Morgan fingerprint density at radius 3 is 2.38 bits per heavy atom. The van der Waals surface area contributed by atoms with Gasteiger partial charge in [0.05, 0.1) is 0 Å². The third kappa shape index (κ3) is 3.40. The van der Waals surface area contributed by atoms with E-state index in [1.54, 1.807) is 18.3 Å². The summed E-state index contributed by atoms with van der Waals surface area (Å²) in [7, 11) is 2.70. The van der Waals surface area contributed by atoms with E-state index in [1.165, 1.54) is 11.1 Å². The van der Waals surface area contributed by atoms with Crippen molar-refractivity contribution in [1.82, 2.24) is 0 Å². The molecular formula is C18H19OPS. The van der Waals surface area contributed by atoms with Crippen LogP contribution in [-0.4, -0.2) is 5.78 Å². The molecule has 0 aliphatic heterocycles. The number of Topliss-reactive ketones (excluding diaryl/α,β-unsaturated/α-hetero) is 1. The van der Waals surface area contributed by atoms with Crippen molar-refractivity contribution >= 4 is 31.7 Å². The normalized spacial score (nSPS) is 12.0. The monoisotopic (exact) mass is 314 g/mol. The number of carbonyl (C=O) groups is 1. The second-order valence-corrected chi connectivity index (χ2v) is 6.52. The average Bonchev–Trinajstić information content (AvgIpc) is 2.91. The van der Waals surface area contributed by atoms with Gasteiger partial charge in [0.25, 0.3) is 0 Å². The molecule has 0 aliphatic carbocycles. The number of hydrogen-bond acceptors (Lipinski definition) is 2. The zero-order chi connectivity index (χ0) is 15.6. The van der Waals surface area contributed by atoms with E-state index in [2.05, 4.69) is 57.8 Å². The van der Waals surface area contributed by atoms with Crippen LogP contribution in [0.5, 0.6) is 0 Å². The molecule has 1 atom stereocenters. The number of benzene rings is 1. The molecule has 2 aromatic rings. The first-order valence-electron chi connectivity index (χ1n) is 6.72. The lowest BCUT2D eigenvalue weighted by molar-refractivity contribution is -0.113. The number of carbonyl (C=O) groups excluding carboxylic acids is 1. The summed E-state index contributed by atoms with van der Waals surface area (Å²) in [5.74, 6) is 0.0498. The SMILES string of the molecule is C=C(C)/C(C(C)=O)=C(\P)c1ccc(-c2ccsc2)cc1C. The van der Waals surface area contributed by atoms with Crippen LogP contribution < -0.4 is 0 Å². The average molecular weight is 314 g/mol. The van der Waals surface area contributed by atoms with Gasteiger partial charge in [-0.3, -0.25) is 4.79 Å². The topological polar surface area (TPSA) is 17.1 Å². The molecular weight excluding hydrogens is 295 g/mol. The van der Waals surface area contributed by atoms with E-state index in [-0.39, 0.29) is 5.78 Å². The van der Waals surface area contributed by atoms with E-state index >= 15 is 0 Å². The number of ketones is 1. The first-order valence-corrected chi connectivity index (χ1v) is 8.24. The van der Waals surface area contributed by atoms with Crippen molar-refractivity contribution in [3.05, 3.63) is 63.9 Å². The van der Waals surface area contributed by atoms with Gasteiger partial charge in [-0.05, 0) is 70.7 Å². The summed E-state index contributed by atoms with van der Waals surface area (Å²) in [4.78, 5) is 11.8. The molecule has 1 unspecified atom stereocenters. The van der Waals surface area contributed by atoms with Crippen molar-refractivity contribution in [2.24, 2.45) is 0 Å². The number of hydrogen-bond donors (Lipinski definition) is 0. The van der Waals surface area contributed by atoms with Crippen LogP contribution in [0.25, 0.3) is 16.4 Å². The number of allylic oxidation sites excluding steroid dienone is 2. The Labute approximate surface area is 132 Å². The molecule has 21 heavy (non-hydrogen) atoms. The van der Waals surface area contributed by atoms with Gasteiger partial charge in [-0.25, -0.2) is 0 Å². The molecule has 2 rings (SSSR count). The molecule has 0 saturated carbocycles. The van der Waals surface area contributed by atoms with Gasteiger partial charge in [0, 0.05) is 5.57 Å². The lowest BCUT2D eigenvalue weighted by Gasteiger charge is -2.13. The van der Waals surface area contributed by atoms with Crippen LogP contribution in [-0.2, 0) is 4.79 Å². The molecule has 1 aromatic carbocycles. The molecule has 1 nitrogen and oxygen atoms in total. The Bertz CT molecular complexity index is 708. The van der Waals surface area contributed by atoms with Crippen LogP contribution in [0.2, 0.25) is 0 Å². The zero-order valence-corrected chi connectivity index (χ0v) is 14.5. The van der Waals surface area contributed by atoms with E-state index in [4.69, 9.17) is 0 Å². The summed E-state index contributed by atoms with van der Waals surface area (Å²) in [6.45, 7) is 9.45. The van der Waals surface area contributed by atoms with Gasteiger partial charge in [0.1, 0.15) is 0 Å². The highest BCUT2D eigenvalue weighted by molar-refractivity contribution is 7.31. The molecule has 0 amide bonds. The number of rotatable bonds is 4. The summed E-state index contributed by atoms with van der Waals surface area (Å²) >= 11 is 1.69. The molecule has 1 aromatic heterocycles. The molecule has 0 saturated heterocycles. The van der Waals surface area contributed by atoms with Crippen LogP contribution in [0.1, 0.15) is 25.0 Å². The summed E-state index contributed by atoms with van der Waals surface area (Å²) in [5.41, 5.74) is 6.17. The van der Waals surface area contributed by atoms with E-state index in [0.717, 1.165) is 22.0 Å². The molecule has 0 fully saturated rings. The van der Waals surface area contributed by atoms with Crippen LogP contribution >= 0.6 is 20.6 Å². The van der Waals surface area contributed by atoms with E-state index in [9.17, 15) is 4.79 Å². The van der Waals surface area contributed by atoms with Gasteiger partial charge in [-0.15, -0.1) is 9.24 Å². The maximum atomic E-state index is 11.8. The fourth-order valence-electron chi connectivity index (χ4n) is 2.43. The Hall–Kier alpha value is -1.50. The van der Waals surface area contributed by atoms with Crippen LogP contribution in [0, 0.1) is 6.92 Å². The molecule has 0 N–H and O–H groups in total. The molecule has 0 spiro atoms. The summed E-state index contributed by atoms with van der Waals surface area (Å²) in [6.07, 6.45) is 0. The van der Waals surface area contributed by atoms with Crippen LogP contribution in [0.3, 0.4) is 0 Å². The lowest BCUT2D eigenvalue weighted by Crippen LogP contribution is -2.00. The van der Waals surface area contributed by atoms with E-state index in [1.807, 2.05) is 6.92 Å². The predicted octanol–water partition coefficient (Wildman–Crippen LogP) is 5.47. The smallest absolute Gasteiger partial charge is 0.160 e. The van der Waals surface area contributed by atoms with Gasteiger partial charge in [-0.1, -0.05) is 24.8 Å². The Balaban J connectivity index is 2.53. The predicted molar refractivity (Wildman–Crippen MR) is 96.6 cm³/mol. The zero-order valence-electron chi connectivity index (χ0n) is 12.6. The van der Waals surface area contributed by atoms with Gasteiger partial charge in [-0.2, -0.15) is 11.3 Å². The van der Waals surface area contributed by atoms with Crippen molar-refractivity contribution in [3.8, 4) is 11.1 Å². The first kappa shape index (κ1) is 15.9. The molecule has 0 radical (unpaired) electrons. The maximum absolute atomic E-state index is 11.8. The minimum atomic E-state index is 0.0498. The van der Waals surface area contributed by atoms with Gasteiger partial charge in [0.15, 0.2) is 5.78 Å². The Morgan fingerprint density at radius 2 is 1.90 bits per heavy atom. The third-order valence-corrected chi connectivity index (χ3v) is 4.70. The van der Waals surface area contributed by atoms with E-state index in [0.29, 0.717) is 5.57 Å². The van der Waals surface area contributed by atoms with Crippen molar-refractivity contribution in [2.45, 2.75) is 20.8 Å². The molecule has 108 valence electrons. The highest BCUT2D eigenvalue weighted by Crippen LogP contribution is 2.34. The molecule has 3 heteroatoms. The van der Waals surface area contributed by atoms with Crippen molar-refractivity contribution in [1.29, 1.82) is 0 Å². The fraction of sp³-hybridized carbons (Fsp3) is 0.167. The standard InChI is InChI=1S/C18H19OPS/c1-11(2)17(13(4)19)18(20)16-6-5-14(9-12(16)3)15-7-8-21-10-15/h5-10H,1,20H2,2-4H3/b18-17+. The lowest BCUT2D eigenvalue weighted by atomic mass is 9.96. The van der Waals surface area contributed by atoms with Crippen LogP contribution in [0.15, 0.2) is 52.8 Å². The number of thiophene rings is 1. The third-order valence-electron chi connectivity index (χ3n) is 3.42. The summed E-state index contributed by atoms with van der Waals surface area (Å²) in [6, 6.07) is 8.46. The second-order valence-electron chi connectivity index (χ2n) is 5.17. The quantitative estimate of drug-likeness (QED) is 0.415. The van der Waals surface area contributed by atoms with Crippen LogP contribution in [0.4, 0.5) is 0 Å². The largest absolute Gasteiger partial charge is 0.294 e. The maximum Gasteiger partial charge on any atom is 0.160 e.